The van der Waals surface area contributed by atoms with Crippen LogP contribution in [0.4, 0.5) is 5.69 Å². The zero-order valence-electron chi connectivity index (χ0n) is 7.46. The van der Waals surface area contributed by atoms with Gasteiger partial charge in [-0.15, -0.1) is 0 Å². The minimum absolute atomic E-state index is 0.665. The van der Waals surface area contributed by atoms with Crippen LogP contribution in [0.5, 0.6) is 11.5 Å². The summed E-state index contributed by atoms with van der Waals surface area (Å²) >= 11 is 4.54. The van der Waals surface area contributed by atoms with Crippen LogP contribution in [-0.4, -0.2) is 19.7 Å². The summed E-state index contributed by atoms with van der Waals surface area (Å²) < 4.78 is 10.2. The van der Waals surface area contributed by atoms with Gasteiger partial charge in [0.1, 0.15) is 5.49 Å². The van der Waals surface area contributed by atoms with Gasteiger partial charge in [-0.2, -0.15) is 0 Å². The van der Waals surface area contributed by atoms with Crippen LogP contribution in [0, 0.1) is 0 Å². The Kier molecular flexibility index (Phi) is 3.52. The summed E-state index contributed by atoms with van der Waals surface area (Å²) in [5.41, 5.74) is 3.24. The molecule has 1 N–H and O–H groups in total. The summed E-state index contributed by atoms with van der Waals surface area (Å²) in [7, 11) is 3.18. The first-order chi connectivity index (χ1) is 6.31. The number of hydrogen-bond acceptors (Lipinski definition) is 3. The van der Waals surface area contributed by atoms with Gasteiger partial charge in [-0.1, -0.05) is 12.2 Å². The van der Waals surface area contributed by atoms with E-state index >= 15 is 0 Å². The van der Waals surface area contributed by atoms with E-state index in [4.69, 9.17) is 9.47 Å². The van der Waals surface area contributed by atoms with Gasteiger partial charge >= 0.3 is 0 Å². The zero-order chi connectivity index (χ0) is 9.68. The molecule has 1 aromatic rings. The molecule has 3 nitrogen and oxygen atoms in total. The number of rotatable bonds is 4. The van der Waals surface area contributed by atoms with Crippen molar-refractivity contribution in [1.82, 2.24) is 0 Å². The third-order valence-electron chi connectivity index (χ3n) is 1.58. The van der Waals surface area contributed by atoms with Gasteiger partial charge in [0.2, 0.25) is 0 Å². The van der Waals surface area contributed by atoms with Crippen molar-refractivity contribution >= 4 is 23.4 Å². The Morgan fingerprint density at radius 1 is 1.23 bits per heavy atom. The average Bonchev–Trinajstić information content (AvgIpc) is 2.18. The van der Waals surface area contributed by atoms with Crippen molar-refractivity contribution in [3.8, 4) is 11.5 Å². The smallest absolute Gasteiger partial charge is 0.162 e. The summed E-state index contributed by atoms with van der Waals surface area (Å²) in [5.74, 6) is 1.36. The van der Waals surface area contributed by atoms with Crippen LogP contribution in [0.25, 0.3) is 0 Å². The van der Waals surface area contributed by atoms with E-state index in [9.17, 15) is 0 Å². The Labute approximate surface area is 82.7 Å². The predicted molar refractivity (Wildman–Crippen MR) is 55.8 cm³/mol. The third kappa shape index (κ3) is 2.32. The Hall–Kier alpha value is -1.29. The van der Waals surface area contributed by atoms with Gasteiger partial charge in [0.15, 0.2) is 11.5 Å². The SMILES string of the molecule is COc1ccc(N[C]=S)cc1OC. The molecule has 69 valence electrons. The highest BCUT2D eigenvalue weighted by Gasteiger charge is 2.02. The highest BCUT2D eigenvalue weighted by molar-refractivity contribution is 7.79. The molecule has 13 heavy (non-hydrogen) atoms. The molecule has 0 amide bonds. The number of thiocarbonyl (C=S) groups is 1. The molecule has 0 heterocycles. The molecular weight excluding hydrogens is 186 g/mol. The molecule has 1 rings (SSSR count). The monoisotopic (exact) mass is 196 g/mol. The summed E-state index contributed by atoms with van der Waals surface area (Å²) in [4.78, 5) is 0. The van der Waals surface area contributed by atoms with E-state index in [2.05, 4.69) is 23.0 Å². The van der Waals surface area contributed by atoms with Gasteiger partial charge in [-0.25, -0.2) is 0 Å². The minimum atomic E-state index is 0.665. The first kappa shape index (κ1) is 9.80. The molecule has 0 bridgehead atoms. The maximum absolute atomic E-state index is 5.10. The van der Waals surface area contributed by atoms with Crippen molar-refractivity contribution in [3.05, 3.63) is 18.2 Å². The van der Waals surface area contributed by atoms with Gasteiger partial charge in [0, 0.05) is 11.8 Å². The Morgan fingerprint density at radius 3 is 2.46 bits per heavy atom. The average molecular weight is 196 g/mol. The Bertz CT molecular complexity index is 302. The van der Waals surface area contributed by atoms with Crippen molar-refractivity contribution in [2.24, 2.45) is 0 Å². The second-order valence-corrected chi connectivity index (χ2v) is 2.50. The fourth-order valence-corrected chi connectivity index (χ4v) is 1.09. The molecule has 0 saturated heterocycles. The molecule has 0 aromatic heterocycles. The van der Waals surface area contributed by atoms with E-state index in [1.807, 2.05) is 6.07 Å². The molecule has 0 aliphatic heterocycles. The van der Waals surface area contributed by atoms with E-state index in [1.165, 1.54) is 0 Å². The molecule has 0 spiro atoms. The van der Waals surface area contributed by atoms with Crippen molar-refractivity contribution in [2.75, 3.05) is 19.5 Å². The fourth-order valence-electron chi connectivity index (χ4n) is 0.973. The number of anilines is 1. The quantitative estimate of drug-likeness (QED) is 0.589. The molecule has 0 saturated carbocycles. The highest BCUT2D eigenvalue weighted by atomic mass is 32.1. The van der Waals surface area contributed by atoms with Crippen molar-refractivity contribution < 1.29 is 9.47 Å². The molecule has 1 aromatic carbocycles. The van der Waals surface area contributed by atoms with Crippen LogP contribution in [0.3, 0.4) is 0 Å². The van der Waals surface area contributed by atoms with Crippen molar-refractivity contribution in [1.29, 1.82) is 0 Å². The normalized spacial score (nSPS) is 9.08. The Balaban J connectivity index is 2.98. The molecule has 4 heteroatoms. The number of methoxy groups -OCH3 is 2. The molecule has 0 fully saturated rings. The van der Waals surface area contributed by atoms with Crippen molar-refractivity contribution in [3.63, 3.8) is 0 Å². The maximum Gasteiger partial charge on any atom is 0.162 e. The summed E-state index contributed by atoms with van der Waals surface area (Å²) in [6.07, 6.45) is 0. The lowest BCUT2D eigenvalue weighted by Crippen LogP contribution is -1.95. The lowest BCUT2D eigenvalue weighted by molar-refractivity contribution is 0.355. The second-order valence-electron chi connectivity index (χ2n) is 2.30. The van der Waals surface area contributed by atoms with Crippen LogP contribution in [-0.2, 0) is 0 Å². The Morgan fingerprint density at radius 2 is 1.92 bits per heavy atom. The van der Waals surface area contributed by atoms with Gasteiger partial charge in [0.05, 0.1) is 14.2 Å². The first-order valence-corrected chi connectivity index (χ1v) is 4.08. The fraction of sp³-hybridized carbons (Fsp3) is 0.222. The molecule has 0 unspecified atom stereocenters. The van der Waals surface area contributed by atoms with E-state index in [0.29, 0.717) is 11.5 Å². The summed E-state index contributed by atoms with van der Waals surface area (Å²) in [5, 5.41) is 2.76. The van der Waals surface area contributed by atoms with Gasteiger partial charge < -0.3 is 14.8 Å². The molecule has 0 atom stereocenters. The molecular formula is C9H10NO2S. The summed E-state index contributed by atoms with van der Waals surface area (Å²) in [6, 6.07) is 5.42. The number of nitrogens with one attached hydrogen (secondary N) is 1. The summed E-state index contributed by atoms with van der Waals surface area (Å²) in [6.45, 7) is 0. The van der Waals surface area contributed by atoms with Crippen LogP contribution in [0.1, 0.15) is 0 Å². The topological polar surface area (TPSA) is 30.5 Å². The van der Waals surface area contributed by atoms with Crippen LogP contribution >= 0.6 is 12.2 Å². The zero-order valence-corrected chi connectivity index (χ0v) is 8.27. The second kappa shape index (κ2) is 4.67. The molecule has 0 aliphatic carbocycles. The molecule has 1 radical (unpaired) electrons. The number of benzene rings is 1. The van der Waals surface area contributed by atoms with E-state index in [1.54, 1.807) is 26.4 Å². The molecule has 0 aliphatic rings. The van der Waals surface area contributed by atoms with Crippen LogP contribution in [0.2, 0.25) is 0 Å². The lowest BCUT2D eigenvalue weighted by Gasteiger charge is -2.08. The standard InChI is InChI=1S/C9H10NO2S/c1-11-8-4-3-7(10-6-13)5-9(8)12-2/h3-5H,1-2H3,(H,10,13). The van der Waals surface area contributed by atoms with Crippen LogP contribution < -0.4 is 14.8 Å². The van der Waals surface area contributed by atoms with Crippen LogP contribution in [0.15, 0.2) is 18.2 Å². The maximum atomic E-state index is 5.10. The predicted octanol–water partition coefficient (Wildman–Crippen LogP) is 1.95. The van der Waals surface area contributed by atoms with Gasteiger partial charge in [-0.3, -0.25) is 0 Å². The van der Waals surface area contributed by atoms with E-state index in [-0.39, 0.29) is 0 Å². The third-order valence-corrected chi connectivity index (χ3v) is 1.68. The number of hydrogen-bond donors (Lipinski definition) is 1. The van der Waals surface area contributed by atoms with Crippen molar-refractivity contribution in [2.45, 2.75) is 0 Å². The largest absolute Gasteiger partial charge is 0.493 e. The van der Waals surface area contributed by atoms with E-state index in [0.717, 1.165) is 5.69 Å². The number of ether oxygens (including phenoxy) is 2. The van der Waals surface area contributed by atoms with Gasteiger partial charge in [0.25, 0.3) is 0 Å². The van der Waals surface area contributed by atoms with E-state index < -0.39 is 0 Å². The highest BCUT2D eigenvalue weighted by Crippen LogP contribution is 2.29. The first-order valence-electron chi connectivity index (χ1n) is 3.67. The lowest BCUT2D eigenvalue weighted by atomic mass is 10.3. The van der Waals surface area contributed by atoms with Gasteiger partial charge in [-0.05, 0) is 12.1 Å². The minimum Gasteiger partial charge on any atom is -0.493 e.